The van der Waals surface area contributed by atoms with Crippen LogP contribution in [0.5, 0.6) is 0 Å². The fraction of sp³-hybridized carbons (Fsp3) is 0.600. The number of rotatable bonds is 6. The molecule has 0 saturated carbocycles. The highest BCUT2D eigenvalue weighted by Crippen LogP contribution is 2.17. The van der Waals surface area contributed by atoms with E-state index >= 15 is 0 Å². The van der Waals surface area contributed by atoms with Gasteiger partial charge in [0.15, 0.2) is 6.54 Å². The molecule has 0 fully saturated rings. The molecular weight excluding hydrogens is 196 g/mol. The molecule has 1 unspecified atom stereocenters. The van der Waals surface area contributed by atoms with Crippen LogP contribution in [-0.4, -0.2) is 59.3 Å². The van der Waals surface area contributed by atoms with Crippen LogP contribution in [0.15, 0.2) is 17.6 Å². The number of hydrogen-bond acceptors (Lipinski definition) is 3. The number of amidine groups is 1. The fourth-order valence-corrected chi connectivity index (χ4v) is 2.00. The lowest BCUT2D eigenvalue weighted by atomic mass is 10.2. The molecule has 0 aliphatic carbocycles. The molecule has 0 radical (unpaired) electrons. The minimum absolute atomic E-state index is 0.00952. The number of nitrogens with zero attached hydrogens (tertiary/aromatic N) is 2. The molecule has 1 heterocycles. The van der Waals surface area contributed by atoms with Gasteiger partial charge in [0.1, 0.15) is 13.1 Å². The molecule has 0 bridgehead atoms. The van der Waals surface area contributed by atoms with Gasteiger partial charge in [0.2, 0.25) is 5.84 Å². The molecule has 1 aliphatic rings. The molecule has 5 nitrogen and oxygen atoms in total. The molecule has 15 heavy (non-hydrogen) atoms. The largest absolute Gasteiger partial charge is 0.477 e. The standard InChI is InChI=1S/C10H16N2O3/c1-2-5-12(8-10(14)15)6-4-11-9(12)3-7-13/h2,13H,1,3-8H2/p+1. The van der Waals surface area contributed by atoms with Crippen molar-refractivity contribution in [1.82, 2.24) is 0 Å². The first kappa shape index (κ1) is 11.9. The Morgan fingerprint density at radius 3 is 2.93 bits per heavy atom. The first-order valence-electron chi connectivity index (χ1n) is 4.98. The van der Waals surface area contributed by atoms with Crippen LogP contribution in [-0.2, 0) is 4.79 Å². The molecule has 0 amide bonds. The lowest BCUT2D eigenvalue weighted by molar-refractivity contribution is -0.822. The number of aliphatic hydroxyl groups is 1. The SMILES string of the molecule is C=CC[N+]1(CC(=O)O)CCN=C1CCO. The summed E-state index contributed by atoms with van der Waals surface area (Å²) in [5.74, 6) is -0.0656. The second-order valence-electron chi connectivity index (χ2n) is 3.66. The molecule has 0 spiro atoms. The van der Waals surface area contributed by atoms with Crippen LogP contribution in [0.1, 0.15) is 6.42 Å². The van der Waals surface area contributed by atoms with Gasteiger partial charge in [-0.1, -0.05) is 6.58 Å². The number of aliphatic carboxylic acids is 1. The first-order valence-corrected chi connectivity index (χ1v) is 4.98. The summed E-state index contributed by atoms with van der Waals surface area (Å²) in [5.41, 5.74) is 0. The van der Waals surface area contributed by atoms with E-state index in [0.717, 1.165) is 5.84 Å². The van der Waals surface area contributed by atoms with Gasteiger partial charge in [0.25, 0.3) is 0 Å². The van der Waals surface area contributed by atoms with Gasteiger partial charge < -0.3 is 10.2 Å². The van der Waals surface area contributed by atoms with E-state index in [4.69, 9.17) is 10.2 Å². The van der Waals surface area contributed by atoms with Crippen LogP contribution >= 0.6 is 0 Å². The zero-order chi connectivity index (χ0) is 11.3. The monoisotopic (exact) mass is 213 g/mol. The third-order valence-electron chi connectivity index (χ3n) is 2.62. The van der Waals surface area contributed by atoms with Crippen LogP contribution in [0, 0.1) is 0 Å². The van der Waals surface area contributed by atoms with Crippen molar-refractivity contribution in [3.63, 3.8) is 0 Å². The van der Waals surface area contributed by atoms with E-state index in [1.807, 2.05) is 0 Å². The number of hydrogen-bond donors (Lipinski definition) is 2. The lowest BCUT2D eigenvalue weighted by Gasteiger charge is -2.31. The van der Waals surface area contributed by atoms with Crippen LogP contribution in [0.4, 0.5) is 0 Å². The van der Waals surface area contributed by atoms with E-state index < -0.39 is 5.97 Å². The van der Waals surface area contributed by atoms with E-state index in [1.165, 1.54) is 0 Å². The molecular formula is C10H17N2O3+. The fourth-order valence-electron chi connectivity index (χ4n) is 2.00. The summed E-state index contributed by atoms with van der Waals surface area (Å²) in [6.07, 6.45) is 2.16. The van der Waals surface area contributed by atoms with Crippen LogP contribution < -0.4 is 0 Å². The van der Waals surface area contributed by atoms with E-state index in [0.29, 0.717) is 30.5 Å². The molecule has 0 aromatic heterocycles. The van der Waals surface area contributed by atoms with E-state index in [2.05, 4.69) is 11.6 Å². The van der Waals surface area contributed by atoms with Gasteiger partial charge in [-0.05, 0) is 6.08 Å². The highest BCUT2D eigenvalue weighted by atomic mass is 16.4. The van der Waals surface area contributed by atoms with Crippen LogP contribution in [0.3, 0.4) is 0 Å². The van der Waals surface area contributed by atoms with Gasteiger partial charge >= 0.3 is 5.97 Å². The molecule has 1 aliphatic heterocycles. The molecule has 0 aromatic carbocycles. The quantitative estimate of drug-likeness (QED) is 0.477. The zero-order valence-electron chi connectivity index (χ0n) is 8.72. The Morgan fingerprint density at radius 2 is 2.40 bits per heavy atom. The third kappa shape index (κ3) is 2.64. The zero-order valence-corrected chi connectivity index (χ0v) is 8.72. The van der Waals surface area contributed by atoms with Gasteiger partial charge in [0, 0.05) is 0 Å². The van der Waals surface area contributed by atoms with Crippen LogP contribution in [0.25, 0.3) is 0 Å². The number of aliphatic hydroxyl groups excluding tert-OH is 1. The smallest absolute Gasteiger partial charge is 0.359 e. The normalized spacial score (nSPS) is 25.0. The molecule has 84 valence electrons. The summed E-state index contributed by atoms with van der Waals surface area (Å²) < 4.78 is 0.319. The van der Waals surface area contributed by atoms with E-state index in [-0.39, 0.29) is 13.2 Å². The Balaban J connectivity index is 2.84. The Hall–Kier alpha value is -1.20. The second-order valence-corrected chi connectivity index (χ2v) is 3.66. The van der Waals surface area contributed by atoms with Crippen molar-refractivity contribution in [1.29, 1.82) is 0 Å². The van der Waals surface area contributed by atoms with E-state index in [9.17, 15) is 4.79 Å². The molecule has 0 saturated heterocycles. The average Bonchev–Trinajstić information content (AvgIpc) is 2.49. The van der Waals surface area contributed by atoms with Crippen LogP contribution in [0.2, 0.25) is 0 Å². The predicted octanol–water partition coefficient (Wildman–Crippen LogP) is -0.132. The van der Waals surface area contributed by atoms with Crippen molar-refractivity contribution < 1.29 is 19.5 Å². The van der Waals surface area contributed by atoms with Crippen molar-refractivity contribution >= 4 is 11.8 Å². The number of aliphatic imine (C=N–C) groups is 1. The van der Waals surface area contributed by atoms with Crippen molar-refractivity contribution in [3.8, 4) is 0 Å². The maximum absolute atomic E-state index is 10.8. The Labute approximate surface area is 88.9 Å². The summed E-state index contributed by atoms with van der Waals surface area (Å²) in [6, 6.07) is 0. The lowest BCUT2D eigenvalue weighted by Crippen LogP contribution is -2.54. The highest BCUT2D eigenvalue weighted by Gasteiger charge is 2.38. The first-order chi connectivity index (χ1) is 7.14. The minimum atomic E-state index is -0.843. The van der Waals surface area contributed by atoms with Crippen molar-refractivity contribution in [2.75, 3.05) is 32.8 Å². The second kappa shape index (κ2) is 5.04. The summed E-state index contributed by atoms with van der Waals surface area (Å²) in [7, 11) is 0. The molecule has 2 N–H and O–H groups in total. The van der Waals surface area contributed by atoms with Gasteiger partial charge in [0.05, 0.1) is 19.6 Å². The maximum Gasteiger partial charge on any atom is 0.359 e. The molecule has 1 atom stereocenters. The van der Waals surface area contributed by atoms with Gasteiger partial charge in [-0.25, -0.2) is 9.79 Å². The van der Waals surface area contributed by atoms with Crippen molar-refractivity contribution in [3.05, 3.63) is 12.7 Å². The van der Waals surface area contributed by atoms with Crippen molar-refractivity contribution in [2.24, 2.45) is 4.99 Å². The van der Waals surface area contributed by atoms with Gasteiger partial charge in [-0.3, -0.25) is 4.48 Å². The topological polar surface area (TPSA) is 69.9 Å². The van der Waals surface area contributed by atoms with Crippen molar-refractivity contribution in [2.45, 2.75) is 6.42 Å². The molecule has 0 aromatic rings. The molecule has 1 rings (SSSR count). The Bertz CT molecular complexity index is 288. The van der Waals surface area contributed by atoms with E-state index in [1.54, 1.807) is 6.08 Å². The Morgan fingerprint density at radius 1 is 1.67 bits per heavy atom. The third-order valence-corrected chi connectivity index (χ3v) is 2.62. The molecule has 5 heteroatoms. The summed E-state index contributed by atoms with van der Waals surface area (Å²) in [5, 5.41) is 17.8. The van der Waals surface area contributed by atoms with Gasteiger partial charge in [-0.2, -0.15) is 0 Å². The Kier molecular flexibility index (Phi) is 3.99. The number of carboxylic acids is 1. The number of carbonyl (C=O) groups is 1. The summed E-state index contributed by atoms with van der Waals surface area (Å²) in [6.45, 7) is 5.56. The number of quaternary nitrogens is 1. The summed E-state index contributed by atoms with van der Waals surface area (Å²) >= 11 is 0. The van der Waals surface area contributed by atoms with Gasteiger partial charge in [-0.15, -0.1) is 0 Å². The highest BCUT2D eigenvalue weighted by molar-refractivity contribution is 5.80. The summed E-state index contributed by atoms with van der Waals surface area (Å²) in [4.78, 5) is 15.1. The minimum Gasteiger partial charge on any atom is -0.477 e. The average molecular weight is 213 g/mol. The predicted molar refractivity (Wildman–Crippen MR) is 56.7 cm³/mol. The maximum atomic E-state index is 10.8. The number of carboxylic acid groups (broad SMARTS) is 1.